The fourth-order valence-electron chi connectivity index (χ4n) is 3.42. The molecular weight excluding hydrogens is 397 g/mol. The van der Waals surface area contributed by atoms with Crippen LogP contribution >= 0.6 is 23.2 Å². The van der Waals surface area contributed by atoms with Crippen molar-refractivity contribution in [3.05, 3.63) is 75.9 Å². The van der Waals surface area contributed by atoms with Crippen molar-refractivity contribution < 1.29 is 9.53 Å². The number of hydrogen-bond acceptors (Lipinski definition) is 3. The van der Waals surface area contributed by atoms with Crippen molar-refractivity contribution in [2.75, 3.05) is 13.1 Å². The number of hydrogen-bond donors (Lipinski definition) is 1. The Kier molecular flexibility index (Phi) is 5.55. The molecule has 0 bridgehead atoms. The largest absolute Gasteiger partial charge is 0.438 e. The van der Waals surface area contributed by atoms with Crippen LogP contribution in [0.15, 0.2) is 54.6 Å². The normalized spacial score (nSPS) is 16.8. The number of piperidine rings is 1. The number of aromatic nitrogens is 2. The average molecular weight is 416 g/mol. The zero-order valence-corrected chi connectivity index (χ0v) is 16.6. The lowest BCUT2D eigenvalue weighted by Gasteiger charge is -2.32. The van der Waals surface area contributed by atoms with Gasteiger partial charge in [0.1, 0.15) is 5.75 Å². The van der Waals surface area contributed by atoms with Gasteiger partial charge < -0.3 is 9.64 Å². The smallest absolute Gasteiger partial charge is 0.253 e. The Bertz CT molecular complexity index is 975. The van der Waals surface area contributed by atoms with Gasteiger partial charge in [-0.2, -0.15) is 0 Å². The van der Waals surface area contributed by atoms with Crippen LogP contribution in [0.2, 0.25) is 10.0 Å². The fourth-order valence-corrected chi connectivity index (χ4v) is 3.71. The SMILES string of the molecule is O=C(c1ccc(Cl)c(Cl)c1)N1CCC[C@H](c2cc(Oc3ccccc3)n[nH]2)C1. The molecule has 3 aromatic rings. The first-order valence-electron chi connectivity index (χ1n) is 9.12. The Morgan fingerprint density at radius 3 is 2.71 bits per heavy atom. The number of rotatable bonds is 4. The summed E-state index contributed by atoms with van der Waals surface area (Å²) in [4.78, 5) is 14.7. The molecule has 1 aliphatic heterocycles. The van der Waals surface area contributed by atoms with Gasteiger partial charge in [-0.25, -0.2) is 0 Å². The zero-order valence-electron chi connectivity index (χ0n) is 15.1. The van der Waals surface area contributed by atoms with E-state index in [1.165, 1.54) is 0 Å². The lowest BCUT2D eigenvalue weighted by Crippen LogP contribution is -2.39. The summed E-state index contributed by atoms with van der Waals surface area (Å²) in [6, 6.07) is 16.4. The number of carbonyl (C=O) groups excluding carboxylic acids is 1. The van der Waals surface area contributed by atoms with Gasteiger partial charge in [-0.3, -0.25) is 9.89 Å². The van der Waals surface area contributed by atoms with E-state index in [0.29, 0.717) is 28.0 Å². The third-order valence-corrected chi connectivity index (χ3v) is 5.59. The van der Waals surface area contributed by atoms with Gasteiger partial charge >= 0.3 is 0 Å². The second-order valence-corrected chi connectivity index (χ2v) is 7.61. The van der Waals surface area contributed by atoms with Crippen LogP contribution in [0.25, 0.3) is 0 Å². The molecule has 1 amide bonds. The molecule has 2 aromatic carbocycles. The lowest BCUT2D eigenvalue weighted by atomic mass is 9.94. The molecule has 1 fully saturated rings. The van der Waals surface area contributed by atoms with Gasteiger partial charge in [0.15, 0.2) is 0 Å². The van der Waals surface area contributed by atoms with Crippen LogP contribution < -0.4 is 4.74 Å². The Morgan fingerprint density at radius 1 is 1.11 bits per heavy atom. The van der Waals surface area contributed by atoms with Crippen molar-refractivity contribution in [1.29, 1.82) is 0 Å². The number of likely N-dealkylation sites (tertiary alicyclic amines) is 1. The summed E-state index contributed by atoms with van der Waals surface area (Å²) in [6.07, 6.45) is 1.91. The number of para-hydroxylation sites is 1. The number of nitrogens with zero attached hydrogens (tertiary/aromatic N) is 2. The second-order valence-electron chi connectivity index (χ2n) is 6.80. The van der Waals surface area contributed by atoms with Gasteiger partial charge in [0.05, 0.1) is 10.0 Å². The lowest BCUT2D eigenvalue weighted by molar-refractivity contribution is 0.0706. The molecular formula is C21H19Cl2N3O2. The third kappa shape index (κ3) is 4.16. The van der Waals surface area contributed by atoms with Crippen molar-refractivity contribution in [1.82, 2.24) is 15.1 Å². The van der Waals surface area contributed by atoms with Crippen LogP contribution in [0.3, 0.4) is 0 Å². The molecule has 1 aliphatic rings. The molecule has 28 heavy (non-hydrogen) atoms. The van der Waals surface area contributed by atoms with Crippen molar-refractivity contribution >= 4 is 29.1 Å². The highest BCUT2D eigenvalue weighted by Gasteiger charge is 2.27. The highest BCUT2D eigenvalue weighted by molar-refractivity contribution is 6.42. The standard InChI is InChI=1S/C21H19Cl2N3O2/c22-17-9-8-14(11-18(17)23)21(27)26-10-4-5-15(13-26)19-12-20(25-24-19)28-16-6-2-1-3-7-16/h1-3,6-9,11-12,15H,4-5,10,13H2,(H,24,25)/t15-/m0/s1. The monoisotopic (exact) mass is 415 g/mol. The molecule has 1 N–H and O–H groups in total. The maximum Gasteiger partial charge on any atom is 0.253 e. The Balaban J connectivity index is 1.45. The van der Waals surface area contributed by atoms with E-state index in [0.717, 1.165) is 30.8 Å². The van der Waals surface area contributed by atoms with E-state index in [1.807, 2.05) is 41.3 Å². The second kappa shape index (κ2) is 8.25. The highest BCUT2D eigenvalue weighted by atomic mass is 35.5. The maximum atomic E-state index is 12.9. The molecule has 144 valence electrons. The molecule has 0 aliphatic carbocycles. The van der Waals surface area contributed by atoms with Crippen molar-refractivity contribution in [3.63, 3.8) is 0 Å². The minimum absolute atomic E-state index is 0.0384. The van der Waals surface area contributed by atoms with Gasteiger partial charge in [-0.1, -0.05) is 41.4 Å². The predicted molar refractivity (Wildman–Crippen MR) is 109 cm³/mol. The Hall–Kier alpha value is -2.50. The van der Waals surface area contributed by atoms with Gasteiger partial charge in [0.25, 0.3) is 5.91 Å². The number of aromatic amines is 1. The van der Waals surface area contributed by atoms with Crippen LogP contribution in [-0.4, -0.2) is 34.1 Å². The average Bonchev–Trinajstić information content (AvgIpc) is 3.19. The number of nitrogens with one attached hydrogen (secondary N) is 1. The Labute approximate surface area is 173 Å². The Morgan fingerprint density at radius 2 is 1.93 bits per heavy atom. The van der Waals surface area contributed by atoms with Crippen LogP contribution in [0.5, 0.6) is 11.6 Å². The molecule has 0 saturated carbocycles. The molecule has 4 rings (SSSR count). The van der Waals surface area contributed by atoms with E-state index in [4.69, 9.17) is 27.9 Å². The van der Waals surface area contributed by atoms with E-state index in [-0.39, 0.29) is 11.8 Å². The van der Waals surface area contributed by atoms with Crippen LogP contribution in [0.1, 0.15) is 34.8 Å². The first kappa shape index (κ1) is 18.8. The highest BCUT2D eigenvalue weighted by Crippen LogP contribution is 2.30. The molecule has 2 heterocycles. The van der Waals surface area contributed by atoms with E-state index in [1.54, 1.807) is 18.2 Å². The number of carbonyl (C=O) groups is 1. The summed E-state index contributed by atoms with van der Waals surface area (Å²) >= 11 is 12.0. The van der Waals surface area contributed by atoms with Crippen LogP contribution in [0.4, 0.5) is 0 Å². The van der Waals surface area contributed by atoms with Gasteiger partial charge in [-0.05, 0) is 43.2 Å². The van der Waals surface area contributed by atoms with E-state index in [9.17, 15) is 4.79 Å². The van der Waals surface area contributed by atoms with Crippen molar-refractivity contribution in [2.24, 2.45) is 0 Å². The maximum absolute atomic E-state index is 12.9. The van der Waals surface area contributed by atoms with Crippen molar-refractivity contribution in [2.45, 2.75) is 18.8 Å². The van der Waals surface area contributed by atoms with Gasteiger partial charge in [0, 0.05) is 36.3 Å². The van der Waals surface area contributed by atoms with E-state index >= 15 is 0 Å². The molecule has 1 saturated heterocycles. The van der Waals surface area contributed by atoms with E-state index < -0.39 is 0 Å². The third-order valence-electron chi connectivity index (χ3n) is 4.85. The first-order chi connectivity index (χ1) is 13.6. The predicted octanol–water partition coefficient (Wildman–Crippen LogP) is 5.53. The topological polar surface area (TPSA) is 58.2 Å². The van der Waals surface area contributed by atoms with E-state index in [2.05, 4.69) is 10.2 Å². The number of benzene rings is 2. The summed E-state index contributed by atoms with van der Waals surface area (Å²) in [5.74, 6) is 1.40. The molecule has 1 atom stereocenters. The summed E-state index contributed by atoms with van der Waals surface area (Å²) in [5, 5.41) is 8.14. The quantitative estimate of drug-likeness (QED) is 0.609. The molecule has 7 heteroatoms. The molecule has 0 spiro atoms. The molecule has 0 unspecified atom stereocenters. The summed E-state index contributed by atoms with van der Waals surface area (Å²) in [6.45, 7) is 1.34. The molecule has 1 aromatic heterocycles. The number of ether oxygens (including phenoxy) is 1. The summed E-state index contributed by atoms with van der Waals surface area (Å²) in [5.41, 5.74) is 1.52. The van der Waals surface area contributed by atoms with Crippen LogP contribution in [-0.2, 0) is 0 Å². The van der Waals surface area contributed by atoms with Crippen molar-refractivity contribution in [3.8, 4) is 11.6 Å². The minimum atomic E-state index is -0.0384. The van der Waals surface area contributed by atoms with Gasteiger partial charge in [0.2, 0.25) is 5.88 Å². The molecule has 0 radical (unpaired) electrons. The summed E-state index contributed by atoms with van der Waals surface area (Å²) in [7, 11) is 0. The number of H-pyrrole nitrogens is 1. The van der Waals surface area contributed by atoms with Crippen LogP contribution in [0, 0.1) is 0 Å². The summed E-state index contributed by atoms with van der Waals surface area (Å²) < 4.78 is 5.77. The number of amides is 1. The first-order valence-corrected chi connectivity index (χ1v) is 9.88. The van der Waals surface area contributed by atoms with Gasteiger partial charge in [-0.15, -0.1) is 5.10 Å². The zero-order chi connectivity index (χ0) is 19.5. The molecule has 5 nitrogen and oxygen atoms in total. The fraction of sp³-hybridized carbons (Fsp3) is 0.238. The number of halogens is 2. The minimum Gasteiger partial charge on any atom is -0.438 e.